The Kier molecular flexibility index (Phi) is 2.98. The van der Waals surface area contributed by atoms with Crippen LogP contribution in [0.2, 0.25) is 0 Å². The second-order valence-electron chi connectivity index (χ2n) is 4.72. The normalized spacial score (nSPS) is 11.1. The first-order valence-corrected chi connectivity index (χ1v) is 7.03. The molecule has 0 aliphatic carbocycles. The summed E-state index contributed by atoms with van der Waals surface area (Å²) in [6.07, 6.45) is 1.90. The molecule has 3 aromatic rings. The number of rotatable bonds is 3. The zero-order valence-corrected chi connectivity index (χ0v) is 12.1. The highest BCUT2D eigenvalue weighted by Crippen LogP contribution is 2.27. The summed E-state index contributed by atoms with van der Waals surface area (Å²) in [6, 6.07) is 6.34. The molecule has 0 bridgehead atoms. The van der Waals surface area contributed by atoms with E-state index in [0.717, 1.165) is 17.2 Å². The molecule has 0 spiro atoms. The lowest BCUT2D eigenvalue weighted by molar-refractivity contribution is 0.738. The van der Waals surface area contributed by atoms with Crippen molar-refractivity contribution in [2.45, 2.75) is 20.4 Å². The van der Waals surface area contributed by atoms with Gasteiger partial charge >= 0.3 is 0 Å². The molecule has 3 rings (SSSR count). The van der Waals surface area contributed by atoms with Gasteiger partial charge in [0, 0.05) is 24.8 Å². The number of benzene rings is 1. The van der Waals surface area contributed by atoms with E-state index in [9.17, 15) is 0 Å². The van der Waals surface area contributed by atoms with Crippen LogP contribution in [-0.4, -0.2) is 14.8 Å². The minimum atomic E-state index is 0.762. The molecule has 0 atom stereocenters. The molecule has 0 saturated heterocycles. The van der Waals surface area contributed by atoms with E-state index in [1.807, 2.05) is 17.9 Å². The largest absolute Gasteiger partial charge is 0.357 e. The van der Waals surface area contributed by atoms with Crippen LogP contribution in [0.3, 0.4) is 0 Å². The van der Waals surface area contributed by atoms with Crippen LogP contribution in [0.25, 0.3) is 10.2 Å². The topological polar surface area (TPSA) is 42.7 Å². The first kappa shape index (κ1) is 12.2. The molecule has 0 fully saturated rings. The molecule has 0 aliphatic heterocycles. The van der Waals surface area contributed by atoms with Gasteiger partial charge in [-0.1, -0.05) is 17.4 Å². The first-order chi connectivity index (χ1) is 9.13. The lowest BCUT2D eigenvalue weighted by Gasteiger charge is -2.01. The second kappa shape index (κ2) is 4.66. The van der Waals surface area contributed by atoms with E-state index in [4.69, 9.17) is 0 Å². The molecule has 2 aromatic heterocycles. The van der Waals surface area contributed by atoms with Crippen molar-refractivity contribution in [1.82, 2.24) is 14.8 Å². The van der Waals surface area contributed by atoms with Crippen molar-refractivity contribution in [2.24, 2.45) is 7.05 Å². The van der Waals surface area contributed by atoms with Gasteiger partial charge in [-0.05, 0) is 31.5 Å². The maximum Gasteiger partial charge on any atom is 0.184 e. The summed E-state index contributed by atoms with van der Waals surface area (Å²) >= 11 is 1.69. The van der Waals surface area contributed by atoms with Crippen molar-refractivity contribution in [1.29, 1.82) is 0 Å². The SMILES string of the molecule is Cc1ccc2nc(NCc3cnn(C)c3C)sc2c1. The molecule has 1 N–H and O–H groups in total. The van der Waals surface area contributed by atoms with Crippen LogP contribution in [0.4, 0.5) is 5.13 Å². The Labute approximate surface area is 116 Å². The monoisotopic (exact) mass is 272 g/mol. The molecular formula is C14H16N4S. The number of nitrogens with one attached hydrogen (secondary N) is 1. The predicted octanol–water partition coefficient (Wildman–Crippen LogP) is 3.26. The highest BCUT2D eigenvalue weighted by Gasteiger charge is 2.06. The number of nitrogens with zero attached hydrogens (tertiary/aromatic N) is 3. The highest BCUT2D eigenvalue weighted by atomic mass is 32.1. The molecule has 98 valence electrons. The fraction of sp³-hybridized carbons (Fsp3) is 0.286. The van der Waals surface area contributed by atoms with E-state index in [1.54, 1.807) is 11.3 Å². The van der Waals surface area contributed by atoms with Crippen molar-refractivity contribution >= 4 is 26.7 Å². The van der Waals surface area contributed by atoms with Gasteiger partial charge in [0.05, 0.1) is 16.4 Å². The second-order valence-corrected chi connectivity index (χ2v) is 5.75. The molecular weight excluding hydrogens is 256 g/mol. The minimum Gasteiger partial charge on any atom is -0.357 e. The zero-order valence-electron chi connectivity index (χ0n) is 11.3. The number of hydrogen-bond donors (Lipinski definition) is 1. The zero-order chi connectivity index (χ0) is 13.4. The summed E-state index contributed by atoms with van der Waals surface area (Å²) < 4.78 is 3.11. The molecule has 2 heterocycles. The number of aromatic nitrogens is 3. The van der Waals surface area contributed by atoms with Crippen molar-refractivity contribution in [2.75, 3.05) is 5.32 Å². The molecule has 19 heavy (non-hydrogen) atoms. The molecule has 1 aromatic carbocycles. The van der Waals surface area contributed by atoms with Crippen LogP contribution in [-0.2, 0) is 13.6 Å². The molecule has 0 saturated carbocycles. The Morgan fingerprint density at radius 1 is 1.32 bits per heavy atom. The smallest absolute Gasteiger partial charge is 0.184 e. The molecule has 0 unspecified atom stereocenters. The molecule has 4 nitrogen and oxygen atoms in total. The van der Waals surface area contributed by atoms with Crippen LogP contribution in [0.15, 0.2) is 24.4 Å². The third-order valence-electron chi connectivity index (χ3n) is 3.31. The Bertz CT molecular complexity index is 726. The van der Waals surface area contributed by atoms with E-state index in [-0.39, 0.29) is 0 Å². The van der Waals surface area contributed by atoms with E-state index in [0.29, 0.717) is 0 Å². The summed E-state index contributed by atoms with van der Waals surface area (Å²) in [6.45, 7) is 4.94. The maximum absolute atomic E-state index is 4.59. The highest BCUT2D eigenvalue weighted by molar-refractivity contribution is 7.22. The summed E-state index contributed by atoms with van der Waals surface area (Å²) in [7, 11) is 1.96. The van der Waals surface area contributed by atoms with Crippen LogP contribution in [0, 0.1) is 13.8 Å². The third-order valence-corrected chi connectivity index (χ3v) is 4.29. The quantitative estimate of drug-likeness (QED) is 0.796. The van der Waals surface area contributed by atoms with E-state index in [1.165, 1.54) is 21.5 Å². The average molecular weight is 272 g/mol. The van der Waals surface area contributed by atoms with Crippen molar-refractivity contribution in [3.63, 3.8) is 0 Å². The van der Waals surface area contributed by atoms with Crippen molar-refractivity contribution in [3.05, 3.63) is 41.2 Å². The van der Waals surface area contributed by atoms with Gasteiger partial charge < -0.3 is 5.32 Å². The Morgan fingerprint density at radius 2 is 2.16 bits per heavy atom. The Balaban J connectivity index is 1.80. The standard InChI is InChI=1S/C14H16N4S/c1-9-4-5-12-13(6-9)19-14(17-12)15-7-11-8-16-18(3)10(11)2/h4-6,8H,7H2,1-3H3,(H,15,17). The lowest BCUT2D eigenvalue weighted by atomic mass is 10.2. The van der Waals surface area contributed by atoms with Gasteiger partial charge in [-0.3, -0.25) is 4.68 Å². The van der Waals surface area contributed by atoms with Gasteiger partial charge in [0.1, 0.15) is 0 Å². The van der Waals surface area contributed by atoms with Gasteiger partial charge in [0.2, 0.25) is 0 Å². The number of fused-ring (bicyclic) bond motifs is 1. The van der Waals surface area contributed by atoms with Crippen LogP contribution in [0.5, 0.6) is 0 Å². The summed E-state index contributed by atoms with van der Waals surface area (Å²) in [4.78, 5) is 4.59. The molecule has 0 amide bonds. The number of thiazole rings is 1. The maximum atomic E-state index is 4.59. The van der Waals surface area contributed by atoms with Gasteiger partial charge in [-0.25, -0.2) is 4.98 Å². The van der Waals surface area contributed by atoms with E-state index in [2.05, 4.69) is 47.4 Å². The van der Waals surface area contributed by atoms with E-state index >= 15 is 0 Å². The van der Waals surface area contributed by atoms with Crippen LogP contribution >= 0.6 is 11.3 Å². The summed E-state index contributed by atoms with van der Waals surface area (Å²) in [5.74, 6) is 0. The summed E-state index contributed by atoms with van der Waals surface area (Å²) in [5, 5.41) is 8.58. The van der Waals surface area contributed by atoms with E-state index < -0.39 is 0 Å². The fourth-order valence-electron chi connectivity index (χ4n) is 2.00. The van der Waals surface area contributed by atoms with Crippen molar-refractivity contribution in [3.8, 4) is 0 Å². The predicted molar refractivity (Wildman–Crippen MR) is 79.6 cm³/mol. The van der Waals surface area contributed by atoms with Crippen molar-refractivity contribution < 1.29 is 0 Å². The number of hydrogen-bond acceptors (Lipinski definition) is 4. The van der Waals surface area contributed by atoms with Crippen LogP contribution in [0.1, 0.15) is 16.8 Å². The average Bonchev–Trinajstić information content (AvgIpc) is 2.92. The van der Waals surface area contributed by atoms with Gasteiger partial charge in [0.25, 0.3) is 0 Å². The third kappa shape index (κ3) is 2.33. The van der Waals surface area contributed by atoms with Gasteiger partial charge in [0.15, 0.2) is 5.13 Å². The Hall–Kier alpha value is -1.88. The van der Waals surface area contributed by atoms with Gasteiger partial charge in [-0.15, -0.1) is 0 Å². The van der Waals surface area contributed by atoms with Crippen LogP contribution < -0.4 is 5.32 Å². The minimum absolute atomic E-state index is 0.762. The number of aryl methyl sites for hydroxylation is 2. The lowest BCUT2D eigenvalue weighted by Crippen LogP contribution is -2.00. The fourth-order valence-corrected chi connectivity index (χ4v) is 2.96. The summed E-state index contributed by atoms with van der Waals surface area (Å²) in [5.41, 5.74) is 4.72. The van der Waals surface area contributed by atoms with Gasteiger partial charge in [-0.2, -0.15) is 5.10 Å². The Morgan fingerprint density at radius 3 is 2.89 bits per heavy atom. The first-order valence-electron chi connectivity index (χ1n) is 6.22. The molecule has 5 heteroatoms. The molecule has 0 aliphatic rings. The molecule has 0 radical (unpaired) electrons. The number of anilines is 1.